The van der Waals surface area contributed by atoms with Crippen molar-refractivity contribution in [2.75, 3.05) is 18.1 Å². The smallest absolute Gasteiger partial charge is 0.315 e. The monoisotopic (exact) mass is 272 g/mol. The topological polar surface area (TPSA) is 50.4 Å². The van der Waals surface area contributed by atoms with Crippen LogP contribution in [0.5, 0.6) is 0 Å². The molecule has 2 amide bonds. The van der Waals surface area contributed by atoms with Gasteiger partial charge in [0.2, 0.25) is 0 Å². The highest BCUT2D eigenvalue weighted by molar-refractivity contribution is 7.99. The fourth-order valence-corrected chi connectivity index (χ4v) is 3.70. The molecular formula is C13H24N2O2S. The third-order valence-corrected chi connectivity index (χ3v) is 4.88. The van der Waals surface area contributed by atoms with Crippen molar-refractivity contribution in [3.05, 3.63) is 0 Å². The summed E-state index contributed by atoms with van der Waals surface area (Å²) in [5.74, 6) is 2.28. The van der Waals surface area contributed by atoms with Crippen LogP contribution >= 0.6 is 11.8 Å². The summed E-state index contributed by atoms with van der Waals surface area (Å²) in [6.07, 6.45) is 5.64. The summed E-state index contributed by atoms with van der Waals surface area (Å²) in [4.78, 5) is 12.0. The molecule has 104 valence electrons. The molecule has 18 heavy (non-hydrogen) atoms. The van der Waals surface area contributed by atoms with Crippen molar-refractivity contribution in [1.29, 1.82) is 0 Å². The molecule has 2 fully saturated rings. The molecule has 0 saturated carbocycles. The minimum Gasteiger partial charge on any atom is -0.376 e. The molecule has 2 aliphatic rings. The third kappa shape index (κ3) is 4.05. The molecule has 2 saturated heterocycles. The Labute approximate surface area is 114 Å². The summed E-state index contributed by atoms with van der Waals surface area (Å²) in [6.45, 7) is 2.94. The Morgan fingerprint density at radius 2 is 2.33 bits per heavy atom. The maximum atomic E-state index is 12.0. The van der Waals surface area contributed by atoms with Crippen LogP contribution in [0.25, 0.3) is 0 Å². The van der Waals surface area contributed by atoms with Crippen molar-refractivity contribution in [2.45, 2.75) is 57.2 Å². The van der Waals surface area contributed by atoms with E-state index < -0.39 is 0 Å². The first-order valence-electron chi connectivity index (χ1n) is 7.06. The average molecular weight is 272 g/mol. The number of nitrogens with one attached hydrogen (secondary N) is 2. The molecule has 2 heterocycles. The van der Waals surface area contributed by atoms with Crippen molar-refractivity contribution in [2.24, 2.45) is 0 Å². The van der Waals surface area contributed by atoms with Crippen LogP contribution in [-0.4, -0.2) is 42.3 Å². The van der Waals surface area contributed by atoms with E-state index in [4.69, 9.17) is 4.74 Å². The summed E-state index contributed by atoms with van der Waals surface area (Å²) in [5, 5.41) is 6.15. The van der Waals surface area contributed by atoms with E-state index in [9.17, 15) is 4.79 Å². The molecule has 0 aromatic heterocycles. The predicted octanol–water partition coefficient (Wildman–Crippen LogP) is 2.14. The van der Waals surface area contributed by atoms with Crippen LogP contribution in [0.3, 0.4) is 0 Å². The number of thioether (sulfide) groups is 1. The number of carbonyl (C=O) groups is 1. The zero-order valence-corrected chi connectivity index (χ0v) is 11.9. The summed E-state index contributed by atoms with van der Waals surface area (Å²) < 4.78 is 5.65. The second-order valence-corrected chi connectivity index (χ2v) is 6.25. The molecular weight excluding hydrogens is 248 g/mol. The minimum atomic E-state index is -0.0233. The number of hydrogen-bond donors (Lipinski definition) is 2. The minimum absolute atomic E-state index is 0.0233. The van der Waals surface area contributed by atoms with Gasteiger partial charge in [0.1, 0.15) is 0 Å². The van der Waals surface area contributed by atoms with E-state index >= 15 is 0 Å². The van der Waals surface area contributed by atoms with Crippen molar-refractivity contribution >= 4 is 17.8 Å². The van der Waals surface area contributed by atoms with Gasteiger partial charge in [-0.25, -0.2) is 4.79 Å². The van der Waals surface area contributed by atoms with E-state index in [1.165, 1.54) is 12.2 Å². The molecule has 2 N–H and O–H groups in total. The normalized spacial score (nSPS) is 29.8. The van der Waals surface area contributed by atoms with E-state index in [1.54, 1.807) is 0 Å². The quantitative estimate of drug-likeness (QED) is 0.824. The van der Waals surface area contributed by atoms with Gasteiger partial charge in [0.05, 0.1) is 12.1 Å². The highest BCUT2D eigenvalue weighted by Gasteiger charge is 2.26. The first-order chi connectivity index (χ1) is 8.79. The largest absolute Gasteiger partial charge is 0.376 e. The number of urea groups is 1. The highest BCUT2D eigenvalue weighted by atomic mass is 32.2. The van der Waals surface area contributed by atoms with Gasteiger partial charge >= 0.3 is 6.03 Å². The standard InChI is InChI=1S/C13H24N2O2S/c1-2-11(12-6-3-7-17-12)15-13(16)14-10-5-4-8-18-9-10/h10-12H,2-9H2,1H3,(H2,14,15,16)/t10-,11+,12+/m1/s1. The Kier molecular flexibility index (Phi) is 5.63. The van der Waals surface area contributed by atoms with Crippen LogP contribution in [0.15, 0.2) is 0 Å². The van der Waals surface area contributed by atoms with E-state index in [2.05, 4.69) is 17.6 Å². The van der Waals surface area contributed by atoms with Gasteiger partial charge in [0.25, 0.3) is 0 Å². The lowest BCUT2D eigenvalue weighted by Gasteiger charge is -2.26. The Morgan fingerprint density at radius 1 is 1.44 bits per heavy atom. The van der Waals surface area contributed by atoms with Gasteiger partial charge in [-0.2, -0.15) is 11.8 Å². The summed E-state index contributed by atoms with van der Waals surface area (Å²) >= 11 is 1.93. The number of rotatable bonds is 4. The predicted molar refractivity (Wildman–Crippen MR) is 75.1 cm³/mol. The van der Waals surface area contributed by atoms with Crippen molar-refractivity contribution in [1.82, 2.24) is 10.6 Å². The number of hydrogen-bond acceptors (Lipinski definition) is 3. The van der Waals surface area contributed by atoms with E-state index in [-0.39, 0.29) is 18.2 Å². The van der Waals surface area contributed by atoms with E-state index in [0.717, 1.165) is 38.0 Å². The van der Waals surface area contributed by atoms with Gasteiger partial charge < -0.3 is 15.4 Å². The van der Waals surface area contributed by atoms with Crippen LogP contribution < -0.4 is 10.6 Å². The maximum Gasteiger partial charge on any atom is 0.315 e. The molecule has 3 atom stereocenters. The van der Waals surface area contributed by atoms with E-state index in [1.807, 2.05) is 11.8 Å². The molecule has 0 aliphatic carbocycles. The SMILES string of the molecule is CC[C@H](NC(=O)N[C@@H]1CCCSC1)[C@@H]1CCCO1. The summed E-state index contributed by atoms with van der Waals surface area (Å²) in [7, 11) is 0. The van der Waals surface area contributed by atoms with Crippen LogP contribution in [0.1, 0.15) is 39.0 Å². The van der Waals surface area contributed by atoms with Gasteiger partial charge in [0, 0.05) is 18.4 Å². The molecule has 2 aliphatic heterocycles. The van der Waals surface area contributed by atoms with Crippen LogP contribution in [0.4, 0.5) is 4.79 Å². The lowest BCUT2D eigenvalue weighted by Crippen LogP contribution is -2.50. The summed E-state index contributed by atoms with van der Waals surface area (Å²) in [5.41, 5.74) is 0. The highest BCUT2D eigenvalue weighted by Crippen LogP contribution is 2.18. The lowest BCUT2D eigenvalue weighted by molar-refractivity contribution is 0.0795. The fourth-order valence-electron chi connectivity index (χ4n) is 2.63. The van der Waals surface area contributed by atoms with Crippen LogP contribution in [-0.2, 0) is 4.74 Å². The average Bonchev–Trinajstić information content (AvgIpc) is 2.91. The van der Waals surface area contributed by atoms with Crippen molar-refractivity contribution in [3.8, 4) is 0 Å². The molecule has 0 bridgehead atoms. The van der Waals surface area contributed by atoms with Gasteiger partial charge in [0.15, 0.2) is 0 Å². The maximum absolute atomic E-state index is 12.0. The Morgan fingerprint density at radius 3 is 2.94 bits per heavy atom. The summed E-state index contributed by atoms with van der Waals surface area (Å²) in [6, 6.07) is 0.472. The molecule has 0 radical (unpaired) electrons. The van der Waals surface area contributed by atoms with Gasteiger partial charge in [-0.05, 0) is 37.9 Å². The molecule has 0 unspecified atom stereocenters. The van der Waals surface area contributed by atoms with Crippen molar-refractivity contribution in [3.63, 3.8) is 0 Å². The zero-order chi connectivity index (χ0) is 12.8. The Bertz CT molecular complexity index is 264. The molecule has 4 nitrogen and oxygen atoms in total. The molecule has 0 spiro atoms. The zero-order valence-electron chi connectivity index (χ0n) is 11.1. The van der Waals surface area contributed by atoms with Gasteiger partial charge in [-0.1, -0.05) is 6.92 Å². The second kappa shape index (κ2) is 7.24. The van der Waals surface area contributed by atoms with Gasteiger partial charge in [-0.3, -0.25) is 0 Å². The van der Waals surface area contributed by atoms with Crippen molar-refractivity contribution < 1.29 is 9.53 Å². The lowest BCUT2D eigenvalue weighted by atomic mass is 10.1. The molecule has 0 aromatic carbocycles. The fraction of sp³-hybridized carbons (Fsp3) is 0.923. The molecule has 5 heteroatoms. The number of ether oxygens (including phenoxy) is 1. The van der Waals surface area contributed by atoms with Crippen LogP contribution in [0.2, 0.25) is 0 Å². The molecule has 0 aromatic rings. The second-order valence-electron chi connectivity index (χ2n) is 5.10. The number of carbonyl (C=O) groups excluding carboxylic acids is 1. The molecule has 2 rings (SSSR count). The van der Waals surface area contributed by atoms with Crippen LogP contribution in [0, 0.1) is 0 Å². The third-order valence-electron chi connectivity index (χ3n) is 3.67. The Balaban J connectivity index is 1.73. The first-order valence-corrected chi connectivity index (χ1v) is 8.21. The Hall–Kier alpha value is -0.420. The van der Waals surface area contributed by atoms with E-state index in [0.29, 0.717) is 6.04 Å². The van der Waals surface area contributed by atoms with Gasteiger partial charge in [-0.15, -0.1) is 0 Å². The first kappa shape index (κ1) is 14.0. The number of amides is 2.